The predicted molar refractivity (Wildman–Crippen MR) is 63.6 cm³/mol. The number of hydrogen-bond acceptors (Lipinski definition) is 7. The van der Waals surface area contributed by atoms with Crippen molar-refractivity contribution in [2.45, 2.75) is 10.1 Å². The van der Waals surface area contributed by atoms with E-state index in [0.29, 0.717) is 0 Å². The van der Waals surface area contributed by atoms with Crippen LogP contribution < -0.4 is 5.11 Å². The summed E-state index contributed by atoms with van der Waals surface area (Å²) in [7, 11) is 0. The molecule has 0 aliphatic heterocycles. The fourth-order valence-electron chi connectivity index (χ4n) is 1.32. The number of hydrogen-bond donors (Lipinski definition) is 0. The van der Waals surface area contributed by atoms with E-state index in [2.05, 4.69) is 9.97 Å². The molecule has 0 aromatic carbocycles. The Bertz CT molecular complexity index is 592. The van der Waals surface area contributed by atoms with Crippen molar-refractivity contribution < 1.29 is 14.8 Å². The fraction of sp³-hybridized carbons (Fsp3) is 0. The topological polar surface area (TPSA) is 109 Å². The fourth-order valence-corrected chi connectivity index (χ4v) is 2.24. The van der Waals surface area contributed by atoms with Crippen molar-refractivity contribution in [1.29, 1.82) is 0 Å². The third kappa shape index (κ3) is 2.86. The highest BCUT2D eigenvalue weighted by molar-refractivity contribution is 7.99. The zero-order valence-corrected chi connectivity index (χ0v) is 10.2. The smallest absolute Gasteiger partial charge is 0.301 e. The number of carbonyl (C=O) groups is 1. The number of carboxylic acid groups (broad SMARTS) is 1. The molecule has 0 N–H and O–H groups in total. The molecule has 2 aromatic rings. The second-order valence-electron chi connectivity index (χ2n) is 3.33. The van der Waals surface area contributed by atoms with Crippen molar-refractivity contribution in [1.82, 2.24) is 9.97 Å². The van der Waals surface area contributed by atoms with Crippen LogP contribution in [0.2, 0.25) is 0 Å². The zero-order valence-electron chi connectivity index (χ0n) is 9.35. The second kappa shape index (κ2) is 5.44. The molecule has 0 saturated heterocycles. The maximum atomic E-state index is 10.9. The third-order valence-electron chi connectivity index (χ3n) is 2.13. The van der Waals surface area contributed by atoms with Crippen molar-refractivity contribution in [3.63, 3.8) is 0 Å². The van der Waals surface area contributed by atoms with Crippen LogP contribution in [-0.4, -0.2) is 20.9 Å². The molecule has 2 aromatic heterocycles. The maximum Gasteiger partial charge on any atom is 0.301 e. The van der Waals surface area contributed by atoms with Crippen LogP contribution in [0.15, 0.2) is 46.7 Å². The summed E-state index contributed by atoms with van der Waals surface area (Å²) in [6.07, 6.45) is 2.78. The van der Waals surface area contributed by atoms with E-state index >= 15 is 0 Å². The first-order valence-electron chi connectivity index (χ1n) is 5.03. The van der Waals surface area contributed by atoms with Crippen LogP contribution in [0, 0.1) is 10.1 Å². The monoisotopic (exact) mass is 276 g/mol. The lowest BCUT2D eigenvalue weighted by Crippen LogP contribution is -2.23. The lowest BCUT2D eigenvalue weighted by molar-refractivity contribution is -0.388. The molecule has 8 heteroatoms. The average molecular weight is 276 g/mol. The van der Waals surface area contributed by atoms with Crippen LogP contribution in [0.4, 0.5) is 5.69 Å². The molecule has 0 spiro atoms. The van der Waals surface area contributed by atoms with Crippen molar-refractivity contribution in [3.05, 3.63) is 52.3 Å². The van der Waals surface area contributed by atoms with Gasteiger partial charge in [-0.25, -0.2) is 9.97 Å². The molecule has 96 valence electrons. The minimum Gasteiger partial charge on any atom is -0.545 e. The van der Waals surface area contributed by atoms with E-state index in [1.165, 1.54) is 36.7 Å². The molecule has 0 aliphatic carbocycles. The van der Waals surface area contributed by atoms with Crippen molar-refractivity contribution in [2.75, 3.05) is 0 Å². The van der Waals surface area contributed by atoms with Crippen LogP contribution >= 0.6 is 11.8 Å². The number of nitrogens with zero attached hydrogens (tertiary/aromatic N) is 3. The van der Waals surface area contributed by atoms with E-state index in [9.17, 15) is 20.0 Å². The van der Waals surface area contributed by atoms with Crippen LogP contribution in [0.3, 0.4) is 0 Å². The van der Waals surface area contributed by atoms with Gasteiger partial charge in [-0.3, -0.25) is 10.1 Å². The van der Waals surface area contributed by atoms with Gasteiger partial charge < -0.3 is 9.90 Å². The summed E-state index contributed by atoms with van der Waals surface area (Å²) >= 11 is 0.813. The van der Waals surface area contributed by atoms with Crippen LogP contribution in [0.5, 0.6) is 0 Å². The van der Waals surface area contributed by atoms with Gasteiger partial charge in [0.15, 0.2) is 5.03 Å². The standard InChI is InChI=1S/C11H7N3O4S/c15-11(16)7-3-1-5-12-9(7)19-10-8(14(17)18)4-2-6-13-10/h1-6H,(H,15,16)/p-1. The number of nitro groups is 1. The Morgan fingerprint density at radius 1 is 1.16 bits per heavy atom. The summed E-state index contributed by atoms with van der Waals surface area (Å²) < 4.78 is 0. The highest BCUT2D eigenvalue weighted by Crippen LogP contribution is 2.32. The number of pyridine rings is 2. The van der Waals surface area contributed by atoms with E-state index in [-0.39, 0.29) is 21.3 Å². The molecule has 0 radical (unpaired) electrons. The van der Waals surface area contributed by atoms with Crippen LogP contribution in [-0.2, 0) is 0 Å². The highest BCUT2D eigenvalue weighted by atomic mass is 32.2. The lowest BCUT2D eigenvalue weighted by atomic mass is 10.3. The molecule has 0 saturated carbocycles. The molecule has 0 fully saturated rings. The molecule has 0 aliphatic rings. The second-order valence-corrected chi connectivity index (χ2v) is 4.31. The Hall–Kier alpha value is -2.48. The van der Waals surface area contributed by atoms with E-state index < -0.39 is 10.9 Å². The van der Waals surface area contributed by atoms with E-state index in [4.69, 9.17) is 0 Å². The highest BCUT2D eigenvalue weighted by Gasteiger charge is 2.17. The number of carboxylic acids is 1. The van der Waals surface area contributed by atoms with Gasteiger partial charge in [0.05, 0.1) is 10.9 Å². The van der Waals surface area contributed by atoms with Crippen molar-refractivity contribution >= 4 is 23.4 Å². The maximum absolute atomic E-state index is 10.9. The van der Waals surface area contributed by atoms with Gasteiger partial charge in [-0.15, -0.1) is 0 Å². The van der Waals surface area contributed by atoms with Crippen LogP contribution in [0.25, 0.3) is 0 Å². The molecule has 0 bridgehead atoms. The Morgan fingerprint density at radius 2 is 1.79 bits per heavy atom. The normalized spacial score (nSPS) is 10.1. The van der Waals surface area contributed by atoms with Gasteiger partial charge in [0.25, 0.3) is 0 Å². The van der Waals surface area contributed by atoms with Gasteiger partial charge in [-0.2, -0.15) is 0 Å². The zero-order chi connectivity index (χ0) is 13.8. The van der Waals surface area contributed by atoms with Gasteiger partial charge in [0.1, 0.15) is 5.03 Å². The Labute approximate surface area is 111 Å². The Balaban J connectivity index is 2.42. The molecular formula is C11H6N3O4S-. The lowest BCUT2D eigenvalue weighted by Gasteiger charge is -2.07. The number of rotatable bonds is 4. The Morgan fingerprint density at radius 3 is 2.42 bits per heavy atom. The van der Waals surface area contributed by atoms with Gasteiger partial charge in [-0.1, -0.05) is 0 Å². The predicted octanol–water partition coefficient (Wildman–Crippen LogP) is 0.899. The first-order chi connectivity index (χ1) is 9.09. The number of carbonyl (C=O) groups excluding carboxylic acids is 1. The molecule has 0 atom stereocenters. The molecule has 2 rings (SSSR count). The van der Waals surface area contributed by atoms with E-state index in [1.807, 2.05) is 0 Å². The molecule has 0 unspecified atom stereocenters. The number of aromatic nitrogens is 2. The largest absolute Gasteiger partial charge is 0.545 e. The van der Waals surface area contributed by atoms with E-state index in [1.54, 1.807) is 0 Å². The van der Waals surface area contributed by atoms with E-state index in [0.717, 1.165) is 11.8 Å². The first kappa shape index (κ1) is 13.0. The molecular weight excluding hydrogens is 270 g/mol. The average Bonchev–Trinajstić information content (AvgIpc) is 2.39. The molecule has 2 heterocycles. The Kier molecular flexibility index (Phi) is 3.71. The van der Waals surface area contributed by atoms with Gasteiger partial charge >= 0.3 is 5.69 Å². The minimum absolute atomic E-state index is 0.0775. The van der Waals surface area contributed by atoms with Crippen molar-refractivity contribution in [2.24, 2.45) is 0 Å². The summed E-state index contributed by atoms with van der Waals surface area (Å²) in [6, 6.07) is 5.48. The number of aromatic carboxylic acids is 1. The SMILES string of the molecule is O=C([O-])c1cccnc1Sc1ncccc1[N+](=O)[O-]. The van der Waals surface area contributed by atoms with Gasteiger partial charge in [-0.05, 0) is 30.0 Å². The summed E-state index contributed by atoms with van der Waals surface area (Å²) in [4.78, 5) is 28.9. The summed E-state index contributed by atoms with van der Waals surface area (Å²) in [5.41, 5.74) is -0.338. The van der Waals surface area contributed by atoms with Crippen LogP contribution in [0.1, 0.15) is 10.4 Å². The summed E-state index contributed by atoms with van der Waals surface area (Å²) in [5.74, 6) is -1.39. The molecule has 0 amide bonds. The summed E-state index contributed by atoms with van der Waals surface area (Å²) in [5, 5.41) is 21.9. The first-order valence-corrected chi connectivity index (χ1v) is 5.85. The van der Waals surface area contributed by atoms with Gasteiger partial charge in [0, 0.05) is 24.0 Å². The minimum atomic E-state index is -1.39. The summed E-state index contributed by atoms with van der Waals surface area (Å²) in [6.45, 7) is 0. The molecule has 19 heavy (non-hydrogen) atoms. The van der Waals surface area contributed by atoms with Crippen molar-refractivity contribution in [3.8, 4) is 0 Å². The molecule has 7 nitrogen and oxygen atoms in total. The quantitative estimate of drug-likeness (QED) is 0.602. The third-order valence-corrected chi connectivity index (χ3v) is 3.16. The van der Waals surface area contributed by atoms with Gasteiger partial charge in [0.2, 0.25) is 0 Å².